The van der Waals surface area contributed by atoms with Gasteiger partial charge in [-0.3, -0.25) is 9.78 Å². The molecule has 1 unspecified atom stereocenters. The highest BCUT2D eigenvalue weighted by molar-refractivity contribution is 7.10. The third-order valence-corrected chi connectivity index (χ3v) is 11.4. The van der Waals surface area contributed by atoms with Gasteiger partial charge in [-0.15, -0.1) is 11.3 Å². The first-order valence-corrected chi connectivity index (χ1v) is 14.4. The van der Waals surface area contributed by atoms with Crippen LogP contribution in [-0.2, 0) is 24.1 Å². The lowest BCUT2D eigenvalue weighted by atomic mass is 9.63. The van der Waals surface area contributed by atoms with Gasteiger partial charge in [-0.25, -0.2) is 0 Å². The smallest absolute Gasteiger partial charge is 0.141 e. The first-order chi connectivity index (χ1) is 19.2. The van der Waals surface area contributed by atoms with E-state index < -0.39 is 0 Å². The van der Waals surface area contributed by atoms with Crippen LogP contribution in [0.2, 0.25) is 0 Å². The van der Waals surface area contributed by atoms with E-state index in [0.29, 0.717) is 18.6 Å². The predicted molar refractivity (Wildman–Crippen MR) is 156 cm³/mol. The quantitative estimate of drug-likeness (QED) is 0.161. The molecule has 12 rings (SSSR count). The Kier molecular flexibility index (Phi) is 2.62. The Bertz CT molecular complexity index is 2620. The zero-order valence-corrected chi connectivity index (χ0v) is 21.3. The summed E-state index contributed by atoms with van der Waals surface area (Å²) < 4.78 is 0. The molecule has 0 bridgehead atoms. The highest BCUT2D eigenvalue weighted by Gasteiger charge is 2.44. The van der Waals surface area contributed by atoms with Crippen molar-refractivity contribution in [2.75, 3.05) is 0 Å². The average molecular weight is 517 g/mol. The molecular formula is C34H16N2O2S. The SMILES string of the molecule is O=C1Cc2c3cncc4c3c3c5c2c(c2[nH]cc6c7cc(O)cc8cc9c(c(c87)c5c26)C3c2c-4csc2C9)C1. The number of nitrogens with one attached hydrogen (secondary N) is 1. The monoisotopic (exact) mass is 516 g/mol. The number of thiophene rings is 1. The summed E-state index contributed by atoms with van der Waals surface area (Å²) in [6.45, 7) is 0. The zero-order chi connectivity index (χ0) is 25.0. The van der Waals surface area contributed by atoms with E-state index in [4.69, 9.17) is 4.98 Å². The molecule has 0 radical (unpaired) electrons. The summed E-state index contributed by atoms with van der Waals surface area (Å²) in [4.78, 5) is 23.2. The number of nitrogens with zero attached hydrogens (tertiary/aromatic N) is 1. The Balaban J connectivity index is 1.56. The van der Waals surface area contributed by atoms with Gasteiger partial charge in [0.25, 0.3) is 0 Å². The number of pyridine rings is 1. The van der Waals surface area contributed by atoms with Crippen molar-refractivity contribution in [1.82, 2.24) is 9.97 Å². The number of phenols is 1. The number of H-pyrrole nitrogens is 1. The number of phenolic OH excluding ortho intramolecular Hbond substituents is 1. The first kappa shape index (κ1) is 18.7. The maximum atomic E-state index is 13.3. The molecule has 0 saturated heterocycles. The van der Waals surface area contributed by atoms with Gasteiger partial charge < -0.3 is 10.1 Å². The number of benzene rings is 5. The van der Waals surface area contributed by atoms with Gasteiger partial charge in [0.05, 0.1) is 5.52 Å². The lowest BCUT2D eigenvalue weighted by Crippen LogP contribution is -2.23. The Morgan fingerprint density at radius 1 is 0.795 bits per heavy atom. The van der Waals surface area contributed by atoms with Gasteiger partial charge in [0, 0.05) is 75.8 Å². The number of hydrogen-bond donors (Lipinski definition) is 2. The van der Waals surface area contributed by atoms with Crippen molar-refractivity contribution >= 4 is 81.9 Å². The molecule has 8 aromatic rings. The van der Waals surface area contributed by atoms with Crippen LogP contribution in [0.25, 0.3) is 75.9 Å². The molecule has 4 aliphatic carbocycles. The number of ketones is 1. The standard InChI is InChI=1S/C34H16N2O2S/c37-13-2-11-1-12-3-22-27-21(10-39-22)19-8-35-7-18-16-5-14(38)6-17-25(16)31-32(26(18)19)30(27)24(12)29-23(11)15(4-13)20-9-36-34(17)28(20)33(29)31/h1-2,4,7-10,30,36-37H,3,5-6H2. The van der Waals surface area contributed by atoms with Crippen LogP contribution in [0.4, 0.5) is 0 Å². The number of aromatic nitrogens is 2. The lowest BCUT2D eigenvalue weighted by Gasteiger charge is -2.39. The van der Waals surface area contributed by atoms with E-state index in [1.54, 1.807) is 0 Å². The zero-order valence-electron chi connectivity index (χ0n) is 20.5. The molecule has 2 N–H and O–H groups in total. The second-order valence-electron chi connectivity index (χ2n) is 12.0. The molecule has 3 aromatic heterocycles. The molecular weight excluding hydrogens is 500 g/mol. The average Bonchev–Trinajstić information content (AvgIpc) is 3.57. The van der Waals surface area contributed by atoms with Gasteiger partial charge in [-0.2, -0.15) is 0 Å². The second kappa shape index (κ2) is 5.47. The maximum absolute atomic E-state index is 13.3. The van der Waals surface area contributed by atoms with Crippen molar-refractivity contribution in [2.45, 2.75) is 25.2 Å². The largest absolute Gasteiger partial charge is 0.508 e. The fourth-order valence-corrected chi connectivity index (χ4v) is 10.4. The third kappa shape index (κ3) is 1.71. The van der Waals surface area contributed by atoms with Crippen LogP contribution in [0, 0.1) is 0 Å². The molecule has 5 aromatic carbocycles. The van der Waals surface area contributed by atoms with Gasteiger partial charge in [-0.05, 0) is 94.2 Å². The molecule has 0 fully saturated rings. The fraction of sp³-hybridized carbons (Fsp3) is 0.118. The topological polar surface area (TPSA) is 66.0 Å². The van der Waals surface area contributed by atoms with Crippen molar-refractivity contribution < 1.29 is 9.90 Å². The van der Waals surface area contributed by atoms with Crippen molar-refractivity contribution in [2.24, 2.45) is 0 Å². The van der Waals surface area contributed by atoms with Crippen LogP contribution in [0.1, 0.15) is 44.2 Å². The van der Waals surface area contributed by atoms with E-state index in [2.05, 4.69) is 28.8 Å². The Morgan fingerprint density at radius 2 is 1.69 bits per heavy atom. The van der Waals surface area contributed by atoms with Crippen LogP contribution in [0.5, 0.6) is 5.75 Å². The number of aromatic amines is 1. The molecule has 0 spiro atoms. The van der Waals surface area contributed by atoms with Gasteiger partial charge in [0.15, 0.2) is 0 Å². The summed E-state index contributed by atoms with van der Waals surface area (Å²) in [6, 6.07) is 6.23. The molecule has 0 saturated carbocycles. The Morgan fingerprint density at radius 3 is 2.64 bits per heavy atom. The van der Waals surface area contributed by atoms with Gasteiger partial charge in [-0.1, -0.05) is 6.07 Å². The maximum Gasteiger partial charge on any atom is 0.141 e. The Labute approximate surface area is 223 Å². The first-order valence-electron chi connectivity index (χ1n) is 13.5. The molecule has 180 valence electrons. The summed E-state index contributed by atoms with van der Waals surface area (Å²) in [6.07, 6.45) is 8.01. The van der Waals surface area contributed by atoms with Crippen LogP contribution < -0.4 is 0 Å². The van der Waals surface area contributed by atoms with Crippen molar-refractivity contribution in [1.29, 1.82) is 0 Å². The van der Waals surface area contributed by atoms with Gasteiger partial charge >= 0.3 is 0 Å². The van der Waals surface area contributed by atoms with Crippen molar-refractivity contribution in [3.8, 4) is 16.9 Å². The molecule has 5 heteroatoms. The van der Waals surface area contributed by atoms with Gasteiger partial charge in [0.2, 0.25) is 0 Å². The van der Waals surface area contributed by atoms with Crippen molar-refractivity contribution in [3.63, 3.8) is 0 Å². The lowest BCUT2D eigenvalue weighted by molar-refractivity contribution is -0.117. The van der Waals surface area contributed by atoms with Crippen LogP contribution in [0.15, 0.2) is 42.2 Å². The summed E-state index contributed by atoms with van der Waals surface area (Å²) in [5.41, 5.74) is 11.7. The van der Waals surface area contributed by atoms with E-state index in [-0.39, 0.29) is 11.7 Å². The van der Waals surface area contributed by atoms with E-state index in [0.717, 1.165) is 44.6 Å². The second-order valence-corrected chi connectivity index (χ2v) is 12.9. The molecule has 39 heavy (non-hydrogen) atoms. The number of fused-ring (bicyclic) bond motifs is 4. The summed E-state index contributed by atoms with van der Waals surface area (Å²) in [7, 11) is 0. The normalized spacial score (nSPS) is 17.8. The van der Waals surface area contributed by atoms with Gasteiger partial charge in [0.1, 0.15) is 11.5 Å². The number of carbonyl (C=O) groups is 1. The molecule has 4 nitrogen and oxygen atoms in total. The summed E-state index contributed by atoms with van der Waals surface area (Å²) >= 11 is 1.87. The summed E-state index contributed by atoms with van der Waals surface area (Å²) in [5, 5.41) is 26.8. The fourth-order valence-electron chi connectivity index (χ4n) is 9.29. The van der Waals surface area contributed by atoms with Crippen LogP contribution >= 0.6 is 11.3 Å². The number of Topliss-reactive ketones (excluding diaryl/α,β-unsaturated/α-hetero) is 1. The van der Waals surface area contributed by atoms with E-state index in [1.807, 2.05) is 29.7 Å². The molecule has 3 heterocycles. The van der Waals surface area contributed by atoms with Crippen LogP contribution in [0.3, 0.4) is 0 Å². The third-order valence-electron chi connectivity index (χ3n) is 10.4. The highest BCUT2D eigenvalue weighted by atomic mass is 32.1. The Hall–Kier alpha value is -4.48. The molecule has 0 aliphatic heterocycles. The van der Waals surface area contributed by atoms with Crippen LogP contribution in [-0.4, -0.2) is 20.9 Å². The number of carbonyl (C=O) groups excluding carboxylic acids is 1. The number of rotatable bonds is 0. The molecule has 0 amide bonds. The number of aromatic hydroxyl groups is 1. The minimum atomic E-state index is 0.188. The minimum Gasteiger partial charge on any atom is -0.508 e. The highest BCUT2D eigenvalue weighted by Crippen LogP contribution is 2.63. The van der Waals surface area contributed by atoms with E-state index in [9.17, 15) is 9.90 Å². The van der Waals surface area contributed by atoms with E-state index >= 15 is 0 Å². The molecule has 1 atom stereocenters. The minimum absolute atomic E-state index is 0.188. The molecule has 4 aliphatic rings. The van der Waals surface area contributed by atoms with Crippen molar-refractivity contribution in [3.05, 3.63) is 80.4 Å². The predicted octanol–water partition coefficient (Wildman–Crippen LogP) is 7.58. The summed E-state index contributed by atoms with van der Waals surface area (Å²) in [5.74, 6) is 0.751. The van der Waals surface area contributed by atoms with E-state index in [1.165, 1.54) is 76.0 Å². The number of hydrogen-bond acceptors (Lipinski definition) is 4.